The van der Waals surface area contributed by atoms with Crippen molar-refractivity contribution in [3.05, 3.63) is 69.2 Å². The summed E-state index contributed by atoms with van der Waals surface area (Å²) in [4.78, 5) is 26.4. The monoisotopic (exact) mass is 379 g/mol. The first kappa shape index (κ1) is 17.7. The predicted octanol–water partition coefficient (Wildman–Crippen LogP) is 4.56. The Balaban J connectivity index is 1.84. The van der Waals surface area contributed by atoms with Crippen LogP contribution in [0.5, 0.6) is 0 Å². The number of rotatable bonds is 3. The first-order valence-corrected chi connectivity index (χ1v) is 9.94. The fraction of sp³-hybridized carbons (Fsp3) is 0.273. The van der Waals surface area contributed by atoms with E-state index in [2.05, 4.69) is 28.9 Å². The van der Waals surface area contributed by atoms with Crippen molar-refractivity contribution in [2.75, 3.05) is 7.11 Å². The van der Waals surface area contributed by atoms with E-state index in [1.807, 2.05) is 25.1 Å². The number of ketones is 1. The van der Waals surface area contributed by atoms with Gasteiger partial charge in [0.1, 0.15) is 0 Å². The van der Waals surface area contributed by atoms with Gasteiger partial charge in [-0.05, 0) is 42.3 Å². The Kier molecular flexibility index (Phi) is 4.70. The quantitative estimate of drug-likeness (QED) is 0.795. The number of carbonyl (C=O) groups is 2. The van der Waals surface area contributed by atoms with Gasteiger partial charge in [-0.25, -0.2) is 4.79 Å². The first-order chi connectivity index (χ1) is 13.1. The zero-order chi connectivity index (χ0) is 19.0. The van der Waals surface area contributed by atoms with Gasteiger partial charge in [-0.3, -0.25) is 4.79 Å². The molecule has 0 amide bonds. The summed E-state index contributed by atoms with van der Waals surface area (Å²) in [5, 5.41) is 5.38. The summed E-state index contributed by atoms with van der Waals surface area (Å²) in [5.74, 6) is -0.620. The summed E-state index contributed by atoms with van der Waals surface area (Å²) in [6.45, 7) is 1.88. The fourth-order valence-electron chi connectivity index (χ4n) is 3.93. The molecule has 5 heteroatoms. The van der Waals surface area contributed by atoms with Crippen molar-refractivity contribution in [2.45, 2.75) is 32.1 Å². The summed E-state index contributed by atoms with van der Waals surface area (Å²) in [6, 6.07) is 12.2. The van der Waals surface area contributed by atoms with E-state index in [-0.39, 0.29) is 17.7 Å². The predicted molar refractivity (Wildman–Crippen MR) is 106 cm³/mol. The largest absolute Gasteiger partial charge is 0.466 e. The standard InChI is InChI=1S/C22H21NO3S/c1-13-19(22(25)26-2)21(20-16(23-13)9-6-10-17(20)24)18-11-15(12-27-18)14-7-4-3-5-8-14/h3-5,7-8,11-12,21,23H,6,9-10H2,1-2H3/t21-/m1/s1. The van der Waals surface area contributed by atoms with Crippen molar-refractivity contribution in [1.82, 2.24) is 5.32 Å². The van der Waals surface area contributed by atoms with Crippen molar-refractivity contribution in [2.24, 2.45) is 0 Å². The van der Waals surface area contributed by atoms with Crippen LogP contribution in [0, 0.1) is 0 Å². The van der Waals surface area contributed by atoms with E-state index in [0.29, 0.717) is 12.0 Å². The van der Waals surface area contributed by atoms with Gasteiger partial charge >= 0.3 is 5.97 Å². The van der Waals surface area contributed by atoms with E-state index < -0.39 is 0 Å². The van der Waals surface area contributed by atoms with Gasteiger partial charge in [-0.15, -0.1) is 11.3 Å². The van der Waals surface area contributed by atoms with Crippen LogP contribution in [-0.4, -0.2) is 18.9 Å². The summed E-state index contributed by atoms with van der Waals surface area (Å²) in [5.41, 5.74) is 5.22. The van der Waals surface area contributed by atoms with Crippen molar-refractivity contribution in [3.63, 3.8) is 0 Å². The average Bonchev–Trinajstić information content (AvgIpc) is 3.17. The lowest BCUT2D eigenvalue weighted by Crippen LogP contribution is -2.33. The molecule has 138 valence electrons. The highest BCUT2D eigenvalue weighted by Gasteiger charge is 2.39. The Morgan fingerprint density at radius 3 is 2.70 bits per heavy atom. The van der Waals surface area contributed by atoms with Gasteiger partial charge < -0.3 is 10.1 Å². The number of methoxy groups -OCH3 is 1. The molecule has 4 nitrogen and oxygen atoms in total. The van der Waals surface area contributed by atoms with Gasteiger partial charge in [-0.1, -0.05) is 30.3 Å². The molecular weight excluding hydrogens is 358 g/mol. The maximum Gasteiger partial charge on any atom is 0.336 e. The Morgan fingerprint density at radius 2 is 1.96 bits per heavy atom. The molecule has 0 saturated carbocycles. The number of hydrogen-bond donors (Lipinski definition) is 1. The van der Waals surface area contributed by atoms with Crippen molar-refractivity contribution in [1.29, 1.82) is 0 Å². The molecule has 1 aromatic carbocycles. The highest BCUT2D eigenvalue weighted by atomic mass is 32.1. The van der Waals surface area contributed by atoms with E-state index >= 15 is 0 Å². The van der Waals surface area contributed by atoms with Crippen LogP contribution in [0.1, 0.15) is 37.0 Å². The summed E-state index contributed by atoms with van der Waals surface area (Å²) in [6.07, 6.45) is 2.21. The number of carbonyl (C=O) groups excluding carboxylic acids is 2. The third kappa shape index (κ3) is 3.12. The molecule has 1 aliphatic carbocycles. The van der Waals surface area contributed by atoms with Crippen molar-refractivity contribution in [3.8, 4) is 11.1 Å². The Morgan fingerprint density at radius 1 is 1.19 bits per heavy atom. The van der Waals surface area contributed by atoms with E-state index in [9.17, 15) is 9.59 Å². The zero-order valence-electron chi connectivity index (χ0n) is 15.4. The van der Waals surface area contributed by atoms with Crippen LogP contribution in [0.2, 0.25) is 0 Å². The third-order valence-corrected chi connectivity index (χ3v) is 6.19. The Bertz CT molecular complexity index is 968. The number of allylic oxidation sites excluding steroid dienone is 3. The highest BCUT2D eigenvalue weighted by Crippen LogP contribution is 2.45. The lowest BCUT2D eigenvalue weighted by atomic mass is 9.78. The van der Waals surface area contributed by atoms with Gasteiger partial charge in [0.2, 0.25) is 0 Å². The van der Waals surface area contributed by atoms with Crippen LogP contribution < -0.4 is 5.32 Å². The maximum atomic E-state index is 12.8. The van der Waals surface area contributed by atoms with Gasteiger partial charge in [0.05, 0.1) is 18.6 Å². The van der Waals surface area contributed by atoms with Gasteiger partial charge in [0.15, 0.2) is 5.78 Å². The summed E-state index contributed by atoms with van der Waals surface area (Å²) >= 11 is 1.59. The number of Topliss-reactive ketones (excluding diaryl/α,β-unsaturated/α-hetero) is 1. The number of dihydropyridines is 1. The normalized spacial score (nSPS) is 19.6. The second-order valence-corrected chi connectivity index (χ2v) is 7.80. The topological polar surface area (TPSA) is 55.4 Å². The lowest BCUT2D eigenvalue weighted by molar-refractivity contribution is -0.136. The maximum absolute atomic E-state index is 12.8. The molecule has 2 aliphatic rings. The zero-order valence-corrected chi connectivity index (χ0v) is 16.2. The number of esters is 1. The molecule has 0 saturated heterocycles. The number of benzene rings is 1. The minimum absolute atomic E-state index is 0.123. The van der Waals surface area contributed by atoms with E-state index in [0.717, 1.165) is 45.8 Å². The molecule has 0 spiro atoms. The third-order valence-electron chi connectivity index (χ3n) is 5.19. The first-order valence-electron chi connectivity index (χ1n) is 9.06. The highest BCUT2D eigenvalue weighted by molar-refractivity contribution is 7.10. The van der Waals surface area contributed by atoms with Crippen molar-refractivity contribution >= 4 is 23.1 Å². The van der Waals surface area contributed by atoms with Crippen LogP contribution in [0.3, 0.4) is 0 Å². The molecule has 0 unspecified atom stereocenters. The van der Waals surface area contributed by atoms with E-state index in [4.69, 9.17) is 4.74 Å². The Hall–Kier alpha value is -2.66. The van der Waals surface area contributed by atoms with Gasteiger partial charge in [-0.2, -0.15) is 0 Å². The smallest absolute Gasteiger partial charge is 0.336 e. The number of nitrogens with one attached hydrogen (secondary N) is 1. The molecule has 2 aromatic rings. The minimum Gasteiger partial charge on any atom is -0.466 e. The molecule has 4 rings (SSSR count). The molecule has 1 atom stereocenters. The molecule has 0 radical (unpaired) electrons. The van der Waals surface area contributed by atoms with Crippen LogP contribution in [0.25, 0.3) is 11.1 Å². The van der Waals surface area contributed by atoms with Crippen LogP contribution in [0.4, 0.5) is 0 Å². The van der Waals surface area contributed by atoms with E-state index in [1.54, 1.807) is 11.3 Å². The lowest BCUT2D eigenvalue weighted by Gasteiger charge is -2.33. The van der Waals surface area contributed by atoms with Crippen LogP contribution in [-0.2, 0) is 14.3 Å². The second-order valence-electron chi connectivity index (χ2n) is 6.86. The number of ether oxygens (including phenoxy) is 1. The molecule has 1 aromatic heterocycles. The molecular formula is C22H21NO3S. The Labute approximate surface area is 162 Å². The molecule has 2 heterocycles. The molecule has 0 bridgehead atoms. The molecule has 0 fully saturated rings. The van der Waals surface area contributed by atoms with Crippen LogP contribution in [0.15, 0.2) is 64.3 Å². The average molecular weight is 379 g/mol. The number of thiophene rings is 1. The summed E-state index contributed by atoms with van der Waals surface area (Å²) < 4.78 is 5.05. The summed E-state index contributed by atoms with van der Waals surface area (Å²) in [7, 11) is 1.39. The molecule has 1 N–H and O–H groups in total. The SMILES string of the molecule is COC(=O)C1=C(C)NC2=C(C(=O)CCC2)[C@@H]1c1cc(-c2ccccc2)cs1. The second kappa shape index (κ2) is 7.16. The minimum atomic E-state index is -0.385. The van der Waals surface area contributed by atoms with Crippen LogP contribution >= 0.6 is 11.3 Å². The number of hydrogen-bond acceptors (Lipinski definition) is 5. The molecule has 1 aliphatic heterocycles. The fourth-order valence-corrected chi connectivity index (χ4v) is 4.97. The van der Waals surface area contributed by atoms with Crippen molar-refractivity contribution < 1.29 is 14.3 Å². The van der Waals surface area contributed by atoms with Gasteiger partial charge in [0, 0.05) is 28.3 Å². The molecule has 27 heavy (non-hydrogen) atoms. The van der Waals surface area contributed by atoms with E-state index in [1.165, 1.54) is 7.11 Å². The van der Waals surface area contributed by atoms with Gasteiger partial charge in [0.25, 0.3) is 0 Å².